The Labute approximate surface area is 181 Å². The first-order valence-corrected chi connectivity index (χ1v) is 11.3. The van der Waals surface area contributed by atoms with E-state index in [1.54, 1.807) is 30.2 Å². The van der Waals surface area contributed by atoms with Gasteiger partial charge in [0.25, 0.3) is 0 Å². The van der Waals surface area contributed by atoms with Crippen LogP contribution in [0, 0.1) is 5.92 Å². The number of aromatic nitrogens is 1. The van der Waals surface area contributed by atoms with Gasteiger partial charge in [-0.3, -0.25) is 14.4 Å². The molecular formula is C22H29N3O4S. The zero-order chi connectivity index (χ0) is 21.5. The van der Waals surface area contributed by atoms with Crippen molar-refractivity contribution in [2.45, 2.75) is 39.0 Å². The van der Waals surface area contributed by atoms with Gasteiger partial charge < -0.3 is 14.5 Å². The summed E-state index contributed by atoms with van der Waals surface area (Å²) < 4.78 is 6.22. The van der Waals surface area contributed by atoms with Crippen molar-refractivity contribution < 1.29 is 19.1 Å². The van der Waals surface area contributed by atoms with Gasteiger partial charge in [-0.15, -0.1) is 11.3 Å². The predicted octanol–water partition coefficient (Wildman–Crippen LogP) is 2.88. The first-order chi connectivity index (χ1) is 14.5. The molecule has 2 aromatic rings. The standard InChI is InChI=1S/C22H29N3O4S/c1-3-29-22(28)16-11-13-25(14-12-16)21(27)15-24(2)20(26)10-6-9-19-23-17-7-4-5-8-18(17)30-19/h4-5,7-8,16H,3,6,9-15H2,1-2H3. The SMILES string of the molecule is CCOC(=O)C1CCN(C(=O)CN(C)C(=O)CCCc2nc3ccccc3s2)CC1. The van der Waals surface area contributed by atoms with Gasteiger partial charge in [0.15, 0.2) is 0 Å². The van der Waals surface area contributed by atoms with Crippen LogP contribution in [0.1, 0.15) is 37.6 Å². The second kappa shape index (κ2) is 10.5. The molecule has 1 aromatic carbocycles. The Kier molecular flexibility index (Phi) is 7.79. The number of hydrogen-bond donors (Lipinski definition) is 0. The number of carbonyl (C=O) groups excluding carboxylic acids is 3. The molecule has 30 heavy (non-hydrogen) atoms. The molecule has 7 nitrogen and oxygen atoms in total. The molecule has 0 saturated carbocycles. The van der Waals surface area contributed by atoms with Gasteiger partial charge in [0, 0.05) is 26.6 Å². The number of likely N-dealkylation sites (N-methyl/N-ethyl adjacent to an activating group) is 1. The molecule has 1 aliphatic heterocycles. The Hall–Kier alpha value is -2.48. The van der Waals surface area contributed by atoms with Crippen molar-refractivity contribution in [2.75, 3.05) is 33.3 Å². The minimum absolute atomic E-state index is 0.0362. The Balaban J connectivity index is 1.38. The number of para-hydroxylation sites is 1. The highest BCUT2D eigenvalue weighted by atomic mass is 32.1. The van der Waals surface area contributed by atoms with Crippen molar-refractivity contribution in [1.29, 1.82) is 0 Å². The molecule has 0 unspecified atom stereocenters. The fraction of sp³-hybridized carbons (Fsp3) is 0.545. The molecule has 8 heteroatoms. The van der Waals surface area contributed by atoms with Crippen LogP contribution in [0.4, 0.5) is 0 Å². The molecule has 0 N–H and O–H groups in total. The molecule has 2 amide bonds. The zero-order valence-corrected chi connectivity index (χ0v) is 18.5. The number of ether oxygens (including phenoxy) is 1. The summed E-state index contributed by atoms with van der Waals surface area (Å²) in [5.41, 5.74) is 0.998. The number of rotatable bonds is 8. The van der Waals surface area contributed by atoms with Crippen LogP contribution >= 0.6 is 11.3 Å². The van der Waals surface area contributed by atoms with Gasteiger partial charge in [-0.25, -0.2) is 4.98 Å². The summed E-state index contributed by atoms with van der Waals surface area (Å²) in [6.45, 7) is 3.31. The number of likely N-dealkylation sites (tertiary alicyclic amines) is 1. The van der Waals surface area contributed by atoms with Crippen LogP contribution in [0.25, 0.3) is 10.2 Å². The minimum atomic E-state index is -0.176. The van der Waals surface area contributed by atoms with E-state index < -0.39 is 0 Å². The van der Waals surface area contributed by atoms with E-state index in [2.05, 4.69) is 11.1 Å². The van der Waals surface area contributed by atoms with Crippen LogP contribution < -0.4 is 0 Å². The highest BCUT2D eigenvalue weighted by Gasteiger charge is 2.28. The van der Waals surface area contributed by atoms with E-state index in [9.17, 15) is 14.4 Å². The molecule has 3 rings (SSSR count). The van der Waals surface area contributed by atoms with Crippen LogP contribution in [0.3, 0.4) is 0 Å². The molecule has 0 aliphatic carbocycles. The molecule has 162 valence electrons. The molecular weight excluding hydrogens is 402 g/mol. The normalized spacial score (nSPS) is 14.7. The third-order valence-electron chi connectivity index (χ3n) is 5.39. The van der Waals surface area contributed by atoms with Gasteiger partial charge in [-0.1, -0.05) is 12.1 Å². The summed E-state index contributed by atoms with van der Waals surface area (Å²) in [5.74, 6) is -0.411. The number of esters is 1. The maximum atomic E-state index is 12.5. The van der Waals surface area contributed by atoms with E-state index in [1.807, 2.05) is 18.2 Å². The maximum Gasteiger partial charge on any atom is 0.309 e. The van der Waals surface area contributed by atoms with Crippen molar-refractivity contribution in [3.63, 3.8) is 0 Å². The molecule has 1 saturated heterocycles. The van der Waals surface area contributed by atoms with Crippen LogP contribution in [0.5, 0.6) is 0 Å². The second-order valence-electron chi connectivity index (χ2n) is 7.59. The lowest BCUT2D eigenvalue weighted by Crippen LogP contribution is -2.45. The van der Waals surface area contributed by atoms with Crippen LogP contribution in [-0.2, 0) is 25.5 Å². The van der Waals surface area contributed by atoms with E-state index in [0.717, 1.165) is 21.6 Å². The van der Waals surface area contributed by atoms with Crippen molar-refractivity contribution in [3.8, 4) is 0 Å². The monoisotopic (exact) mass is 431 g/mol. The summed E-state index contributed by atoms with van der Waals surface area (Å²) in [6, 6.07) is 8.02. The molecule has 0 atom stereocenters. The molecule has 0 bridgehead atoms. The number of fused-ring (bicyclic) bond motifs is 1. The topological polar surface area (TPSA) is 79.8 Å². The summed E-state index contributed by atoms with van der Waals surface area (Å²) in [5, 5.41) is 1.03. The highest BCUT2D eigenvalue weighted by Crippen LogP contribution is 2.23. The number of carbonyl (C=O) groups is 3. The molecule has 1 aromatic heterocycles. The Morgan fingerprint density at radius 2 is 1.97 bits per heavy atom. The number of aryl methyl sites for hydroxylation is 1. The maximum absolute atomic E-state index is 12.5. The third-order valence-corrected chi connectivity index (χ3v) is 6.48. The van der Waals surface area contributed by atoms with Crippen molar-refractivity contribution >= 4 is 39.3 Å². The number of benzene rings is 1. The lowest BCUT2D eigenvalue weighted by molar-refractivity contribution is -0.151. The second-order valence-corrected chi connectivity index (χ2v) is 8.70. The molecule has 0 radical (unpaired) electrons. The average molecular weight is 432 g/mol. The van der Waals surface area contributed by atoms with E-state index in [-0.39, 0.29) is 30.2 Å². The number of thiazole rings is 1. The molecule has 0 spiro atoms. The van der Waals surface area contributed by atoms with Crippen LogP contribution in [0.15, 0.2) is 24.3 Å². The van der Waals surface area contributed by atoms with Gasteiger partial charge in [0.1, 0.15) is 0 Å². The van der Waals surface area contributed by atoms with E-state index in [0.29, 0.717) is 45.4 Å². The van der Waals surface area contributed by atoms with Gasteiger partial charge in [0.2, 0.25) is 11.8 Å². The molecule has 2 heterocycles. The number of piperidine rings is 1. The summed E-state index contributed by atoms with van der Waals surface area (Å²) in [6.07, 6.45) is 3.09. The highest BCUT2D eigenvalue weighted by molar-refractivity contribution is 7.18. The minimum Gasteiger partial charge on any atom is -0.466 e. The zero-order valence-electron chi connectivity index (χ0n) is 17.6. The largest absolute Gasteiger partial charge is 0.466 e. The lowest BCUT2D eigenvalue weighted by atomic mass is 9.97. The van der Waals surface area contributed by atoms with Gasteiger partial charge in [0.05, 0.1) is 34.3 Å². The summed E-state index contributed by atoms with van der Waals surface area (Å²) in [4.78, 5) is 44.6. The number of nitrogens with zero attached hydrogens (tertiary/aromatic N) is 3. The Morgan fingerprint density at radius 1 is 1.23 bits per heavy atom. The quantitative estimate of drug-likeness (QED) is 0.601. The Morgan fingerprint density at radius 3 is 2.67 bits per heavy atom. The van der Waals surface area contributed by atoms with Crippen molar-refractivity contribution in [1.82, 2.24) is 14.8 Å². The first kappa shape index (κ1) is 22.2. The fourth-order valence-electron chi connectivity index (χ4n) is 3.62. The average Bonchev–Trinajstić information content (AvgIpc) is 3.16. The van der Waals surface area contributed by atoms with Crippen LogP contribution in [-0.4, -0.2) is 65.9 Å². The fourth-order valence-corrected chi connectivity index (χ4v) is 4.63. The molecule has 1 aliphatic rings. The Bertz CT molecular complexity index is 856. The summed E-state index contributed by atoms with van der Waals surface area (Å²) >= 11 is 1.66. The van der Waals surface area contributed by atoms with Crippen molar-refractivity contribution in [2.24, 2.45) is 5.92 Å². The van der Waals surface area contributed by atoms with E-state index in [1.165, 1.54) is 4.90 Å². The lowest BCUT2D eigenvalue weighted by Gasteiger charge is -2.32. The molecule has 1 fully saturated rings. The van der Waals surface area contributed by atoms with E-state index >= 15 is 0 Å². The number of hydrogen-bond acceptors (Lipinski definition) is 6. The first-order valence-electron chi connectivity index (χ1n) is 10.5. The van der Waals surface area contributed by atoms with Gasteiger partial charge in [-0.05, 0) is 44.7 Å². The predicted molar refractivity (Wildman–Crippen MR) is 116 cm³/mol. The van der Waals surface area contributed by atoms with Gasteiger partial charge >= 0.3 is 5.97 Å². The van der Waals surface area contributed by atoms with Crippen molar-refractivity contribution in [3.05, 3.63) is 29.3 Å². The van der Waals surface area contributed by atoms with E-state index in [4.69, 9.17) is 4.74 Å². The summed E-state index contributed by atoms with van der Waals surface area (Å²) in [7, 11) is 1.67. The smallest absolute Gasteiger partial charge is 0.309 e. The van der Waals surface area contributed by atoms with Crippen LogP contribution in [0.2, 0.25) is 0 Å². The third kappa shape index (κ3) is 5.78. The number of amides is 2. The van der Waals surface area contributed by atoms with Gasteiger partial charge in [-0.2, -0.15) is 0 Å².